The summed E-state index contributed by atoms with van der Waals surface area (Å²) in [4.78, 5) is 25.9. The topological polar surface area (TPSA) is 46.2 Å². The van der Waals surface area contributed by atoms with Crippen LogP contribution in [-0.4, -0.2) is 32.7 Å². The van der Waals surface area contributed by atoms with Gasteiger partial charge in [-0.15, -0.1) is 0 Å². The molecule has 4 heteroatoms. The third-order valence-electron chi connectivity index (χ3n) is 6.91. The third-order valence-corrected chi connectivity index (χ3v) is 10.8. The van der Waals surface area contributed by atoms with Crippen molar-refractivity contribution >= 4 is 26.6 Å². The molecule has 2 saturated carbocycles. The minimum absolute atomic E-state index is 0.116. The van der Waals surface area contributed by atoms with E-state index < -0.39 is 0 Å². The fourth-order valence-corrected chi connectivity index (χ4v) is 9.13. The molecule has 24 heavy (non-hydrogen) atoms. The Morgan fingerprint density at radius 2 is 1.92 bits per heavy atom. The van der Waals surface area contributed by atoms with Crippen molar-refractivity contribution in [2.24, 2.45) is 16.7 Å². The van der Waals surface area contributed by atoms with Crippen LogP contribution in [0.1, 0.15) is 80.1 Å². The molecule has 0 aromatic rings. The molecule has 2 aliphatic rings. The van der Waals surface area contributed by atoms with Gasteiger partial charge in [0.15, 0.2) is 0 Å². The van der Waals surface area contributed by atoms with Gasteiger partial charge >= 0.3 is 154 Å². The Morgan fingerprint density at radius 3 is 2.38 bits per heavy atom. The van der Waals surface area contributed by atoms with Crippen LogP contribution in [0, 0.1) is 16.7 Å². The molecule has 138 valence electrons. The van der Waals surface area contributed by atoms with Crippen LogP contribution < -0.4 is 5.32 Å². The Balaban J connectivity index is 2.10. The van der Waals surface area contributed by atoms with E-state index in [9.17, 15) is 9.59 Å². The van der Waals surface area contributed by atoms with E-state index in [-0.39, 0.29) is 42.6 Å². The van der Waals surface area contributed by atoms with Crippen molar-refractivity contribution in [2.75, 3.05) is 0 Å². The molecule has 0 heterocycles. The molecular weight excluding hydrogens is 365 g/mol. The van der Waals surface area contributed by atoms with E-state index in [1.54, 1.807) is 0 Å². The molecule has 0 radical (unpaired) electrons. The normalized spacial score (nSPS) is 33.5. The first kappa shape index (κ1) is 20.0. The van der Waals surface area contributed by atoms with Gasteiger partial charge in [-0.1, -0.05) is 0 Å². The molecule has 2 bridgehead atoms. The summed E-state index contributed by atoms with van der Waals surface area (Å²) in [7, 11) is 0. The fourth-order valence-electron chi connectivity index (χ4n) is 4.79. The van der Waals surface area contributed by atoms with Crippen molar-refractivity contribution in [3.63, 3.8) is 0 Å². The molecule has 4 unspecified atom stereocenters. The van der Waals surface area contributed by atoms with Crippen LogP contribution in [0.25, 0.3) is 0 Å². The zero-order valence-corrected chi connectivity index (χ0v) is 18.0. The van der Waals surface area contributed by atoms with Crippen LogP contribution in [0.5, 0.6) is 0 Å². The van der Waals surface area contributed by atoms with Crippen LogP contribution in [-0.2, 0) is 9.59 Å². The van der Waals surface area contributed by atoms with Crippen molar-refractivity contribution < 1.29 is 9.59 Å². The average Bonchev–Trinajstić information content (AvgIpc) is 2.84. The van der Waals surface area contributed by atoms with Crippen molar-refractivity contribution in [3.8, 4) is 0 Å². The average molecular weight is 400 g/mol. The maximum atomic E-state index is 13.1. The van der Waals surface area contributed by atoms with Gasteiger partial charge in [0.05, 0.1) is 0 Å². The predicted octanol–water partition coefficient (Wildman–Crippen LogP) is 4.40. The number of carbonyl (C=O) groups excluding carboxylic acids is 2. The summed E-state index contributed by atoms with van der Waals surface area (Å²) >= 11 is 0.270. The Kier molecular flexibility index (Phi) is 6.24. The Bertz CT molecular complexity index is 490. The summed E-state index contributed by atoms with van der Waals surface area (Å²) in [5, 5.41) is 3.25. The molecule has 3 nitrogen and oxygen atoms in total. The number of hydrogen-bond acceptors (Lipinski definition) is 2. The van der Waals surface area contributed by atoms with Crippen LogP contribution >= 0.6 is 0 Å². The molecule has 0 aliphatic heterocycles. The van der Waals surface area contributed by atoms with Crippen LogP contribution in [0.15, 0.2) is 0 Å². The van der Waals surface area contributed by atoms with Crippen LogP contribution in [0.4, 0.5) is 0 Å². The van der Waals surface area contributed by atoms with Crippen molar-refractivity contribution in [3.05, 3.63) is 0 Å². The summed E-state index contributed by atoms with van der Waals surface area (Å²) in [5.41, 5.74) is 0.0253. The molecule has 2 rings (SSSR count). The van der Waals surface area contributed by atoms with Gasteiger partial charge in [-0.05, 0) is 0 Å². The minimum atomic E-state index is -0.116. The first-order valence-corrected chi connectivity index (χ1v) is 11.7. The second kappa shape index (κ2) is 7.50. The van der Waals surface area contributed by atoms with Crippen LogP contribution in [0.3, 0.4) is 0 Å². The standard InChI is InChI=1S/C20H35NO2Se/c1-7-10-16(22)21-14(8-2)15(9-3)24-17-13-11-12-20(6,18(17)23)19(13,4)5/h13-15,17H,7-12H2,1-6H3,(H,21,22)/t13?,14?,15-,17?,20?/m1/s1. The number of ketones is 1. The molecule has 1 amide bonds. The van der Waals surface area contributed by atoms with Gasteiger partial charge < -0.3 is 0 Å². The zero-order chi connectivity index (χ0) is 18.1. The van der Waals surface area contributed by atoms with Gasteiger partial charge in [0.1, 0.15) is 0 Å². The van der Waals surface area contributed by atoms with Gasteiger partial charge in [-0.25, -0.2) is 0 Å². The molecule has 5 atom stereocenters. The molecule has 1 N–H and O–H groups in total. The van der Waals surface area contributed by atoms with Crippen LogP contribution in [0.2, 0.25) is 9.63 Å². The summed E-state index contributed by atoms with van der Waals surface area (Å²) < 4.78 is 0. The first-order valence-electron chi connectivity index (χ1n) is 9.72. The molecule has 0 spiro atoms. The maximum absolute atomic E-state index is 13.1. The number of rotatable bonds is 8. The summed E-state index contributed by atoms with van der Waals surface area (Å²) in [6.07, 6.45) is 5.78. The number of hydrogen-bond donors (Lipinski definition) is 1. The van der Waals surface area contributed by atoms with E-state index in [1.165, 1.54) is 6.42 Å². The first-order chi connectivity index (χ1) is 11.2. The SMILES string of the molecule is CCCC(=O)NC(CC)[C@@H](CC)[Se]C1C(=O)C2(C)CCC1C2(C)C. The van der Waals surface area contributed by atoms with Crippen molar-refractivity contribution in [1.29, 1.82) is 0 Å². The van der Waals surface area contributed by atoms with E-state index in [0.717, 1.165) is 25.7 Å². The Morgan fingerprint density at radius 1 is 1.25 bits per heavy atom. The van der Waals surface area contributed by atoms with Crippen molar-refractivity contribution in [1.82, 2.24) is 5.32 Å². The summed E-state index contributed by atoms with van der Waals surface area (Å²) in [6, 6.07) is 0.233. The second-order valence-electron chi connectivity index (χ2n) is 8.40. The molecular formula is C20H35NO2Se. The number of amides is 1. The third kappa shape index (κ3) is 3.21. The number of fused-ring (bicyclic) bond motifs is 2. The van der Waals surface area contributed by atoms with E-state index in [0.29, 0.717) is 22.9 Å². The monoisotopic (exact) mass is 401 g/mol. The second-order valence-corrected chi connectivity index (χ2v) is 11.3. The molecule has 2 fully saturated rings. The van der Waals surface area contributed by atoms with Gasteiger partial charge in [0, 0.05) is 0 Å². The molecule has 2 aliphatic carbocycles. The number of Topliss-reactive ketones (excluding diaryl/α,β-unsaturated/α-hetero) is 1. The molecule has 0 saturated heterocycles. The van der Waals surface area contributed by atoms with E-state index in [2.05, 4.69) is 39.9 Å². The molecule has 0 aromatic carbocycles. The van der Waals surface area contributed by atoms with Gasteiger partial charge in [0.2, 0.25) is 0 Å². The van der Waals surface area contributed by atoms with E-state index in [4.69, 9.17) is 0 Å². The van der Waals surface area contributed by atoms with Gasteiger partial charge in [-0.3, -0.25) is 0 Å². The fraction of sp³-hybridized carbons (Fsp3) is 0.900. The summed E-state index contributed by atoms with van der Waals surface area (Å²) in [5.74, 6) is 1.25. The number of carbonyl (C=O) groups is 2. The quantitative estimate of drug-likeness (QED) is 0.614. The van der Waals surface area contributed by atoms with Crippen molar-refractivity contribution in [2.45, 2.75) is 95.7 Å². The summed E-state index contributed by atoms with van der Waals surface area (Å²) in [6.45, 7) is 13.2. The Hall–Kier alpha value is -0.341. The van der Waals surface area contributed by atoms with E-state index >= 15 is 0 Å². The molecule has 0 aromatic heterocycles. The zero-order valence-electron chi connectivity index (χ0n) is 16.3. The van der Waals surface area contributed by atoms with Gasteiger partial charge in [0.25, 0.3) is 0 Å². The predicted molar refractivity (Wildman–Crippen MR) is 100 cm³/mol. The Labute approximate surface area is 154 Å². The van der Waals surface area contributed by atoms with Gasteiger partial charge in [-0.2, -0.15) is 0 Å². The van der Waals surface area contributed by atoms with E-state index in [1.807, 2.05) is 6.92 Å². The number of nitrogens with one attached hydrogen (secondary N) is 1.